The summed E-state index contributed by atoms with van der Waals surface area (Å²) in [7, 11) is 0. The summed E-state index contributed by atoms with van der Waals surface area (Å²) in [5.74, 6) is -0.546. The molecular weight excluding hydrogens is 465 g/mol. The Labute approximate surface area is 198 Å². The third-order valence-electron chi connectivity index (χ3n) is 4.18. The largest absolute Gasteiger partial charge is 0.323 e. The minimum Gasteiger partial charge on any atom is -0.308 e. The summed E-state index contributed by atoms with van der Waals surface area (Å²) in [4.78, 5) is 19.4. The summed E-state index contributed by atoms with van der Waals surface area (Å²) < 4.78 is 13.4. The highest BCUT2D eigenvalue weighted by Gasteiger charge is 2.13. The maximum Gasteiger partial charge on any atom is 0.323 e. The van der Waals surface area contributed by atoms with E-state index in [0.717, 1.165) is 14.8 Å². The molecule has 0 bridgehead atoms. The van der Waals surface area contributed by atoms with Crippen LogP contribution in [0, 0.1) is 5.82 Å². The van der Waals surface area contributed by atoms with Crippen LogP contribution >= 0.6 is 35.1 Å². The van der Waals surface area contributed by atoms with Crippen molar-refractivity contribution in [3.63, 3.8) is 0 Å². The lowest BCUT2D eigenvalue weighted by Crippen LogP contribution is -2.20. The average molecular weight is 482 g/mol. The highest BCUT2D eigenvalue weighted by molar-refractivity contribution is 8.00. The van der Waals surface area contributed by atoms with E-state index in [-0.39, 0.29) is 5.02 Å². The monoisotopic (exact) mass is 481 g/mol. The summed E-state index contributed by atoms with van der Waals surface area (Å²) in [6.45, 7) is 0. The van der Waals surface area contributed by atoms with Crippen LogP contribution in [-0.4, -0.2) is 11.0 Å². The molecule has 2 amide bonds. The first kappa shape index (κ1) is 22.2. The Bertz CT molecular complexity index is 1230. The predicted octanol–water partition coefficient (Wildman–Crippen LogP) is 7.82. The van der Waals surface area contributed by atoms with E-state index in [1.807, 2.05) is 72.8 Å². The van der Waals surface area contributed by atoms with E-state index < -0.39 is 11.8 Å². The molecule has 0 radical (unpaired) electrons. The highest BCUT2D eigenvalue weighted by atomic mass is 35.5. The van der Waals surface area contributed by atoms with Gasteiger partial charge >= 0.3 is 6.03 Å². The Kier molecular flexibility index (Phi) is 7.32. The molecule has 4 rings (SSSR count). The minimum atomic E-state index is -0.546. The molecule has 1 heterocycles. The molecule has 0 unspecified atom stereocenters. The Morgan fingerprint density at radius 1 is 0.812 bits per heavy atom. The lowest BCUT2D eigenvalue weighted by atomic mass is 10.3. The van der Waals surface area contributed by atoms with Gasteiger partial charge in [0.05, 0.1) is 10.7 Å². The number of nitrogens with one attached hydrogen (secondary N) is 2. The Balaban J connectivity index is 1.56. The molecule has 0 aliphatic rings. The first-order chi connectivity index (χ1) is 15.6. The van der Waals surface area contributed by atoms with Crippen molar-refractivity contribution in [2.45, 2.75) is 19.8 Å². The minimum absolute atomic E-state index is 0.0629. The number of carbonyl (C=O) groups excluding carboxylic acids is 1. The fourth-order valence-corrected chi connectivity index (χ4v) is 4.66. The molecule has 0 fully saturated rings. The van der Waals surface area contributed by atoms with Crippen molar-refractivity contribution in [1.29, 1.82) is 0 Å². The SMILES string of the molecule is O=C(Nc1ccc(F)c(Cl)c1)Nc1ccc(Sc2ccccc2)nc1Sc1ccccc1. The number of halogens is 2. The molecule has 4 aromatic rings. The van der Waals surface area contributed by atoms with E-state index >= 15 is 0 Å². The topological polar surface area (TPSA) is 54.0 Å². The van der Waals surface area contributed by atoms with Gasteiger partial charge < -0.3 is 10.6 Å². The predicted molar refractivity (Wildman–Crippen MR) is 129 cm³/mol. The van der Waals surface area contributed by atoms with Gasteiger partial charge in [0.15, 0.2) is 0 Å². The summed E-state index contributed by atoms with van der Waals surface area (Å²) in [6.07, 6.45) is 0. The van der Waals surface area contributed by atoms with Crippen molar-refractivity contribution in [2.75, 3.05) is 10.6 Å². The standard InChI is InChI=1S/C24H17ClFN3OS2/c25-19-15-16(11-12-20(19)26)27-24(30)28-21-13-14-22(31-17-7-3-1-4-8-17)29-23(21)32-18-9-5-2-6-10-18/h1-15H,(H2,27,28,30). The van der Waals surface area contributed by atoms with Gasteiger partial charge in [0.1, 0.15) is 15.9 Å². The highest BCUT2D eigenvalue weighted by Crippen LogP contribution is 2.35. The second-order valence-electron chi connectivity index (χ2n) is 6.54. The first-order valence-corrected chi connectivity index (χ1v) is 11.6. The number of carbonyl (C=O) groups is 1. The molecule has 0 aliphatic carbocycles. The van der Waals surface area contributed by atoms with Crippen LogP contribution in [0.15, 0.2) is 111 Å². The third-order valence-corrected chi connectivity index (χ3v) is 6.43. The van der Waals surface area contributed by atoms with Crippen LogP contribution < -0.4 is 10.6 Å². The molecule has 32 heavy (non-hydrogen) atoms. The normalized spacial score (nSPS) is 10.6. The molecule has 0 saturated heterocycles. The third kappa shape index (κ3) is 6.03. The van der Waals surface area contributed by atoms with Crippen molar-refractivity contribution in [3.8, 4) is 0 Å². The van der Waals surface area contributed by atoms with Crippen molar-refractivity contribution in [3.05, 3.63) is 102 Å². The molecule has 8 heteroatoms. The Morgan fingerprint density at radius 2 is 1.47 bits per heavy atom. The quantitative estimate of drug-likeness (QED) is 0.294. The Hall–Kier alpha value is -3.00. The molecule has 0 aliphatic heterocycles. The average Bonchev–Trinajstić information content (AvgIpc) is 2.79. The number of anilines is 2. The second-order valence-corrected chi connectivity index (χ2v) is 9.10. The van der Waals surface area contributed by atoms with Crippen molar-refractivity contribution < 1.29 is 9.18 Å². The number of hydrogen-bond acceptors (Lipinski definition) is 4. The van der Waals surface area contributed by atoms with Gasteiger partial charge in [-0.05, 0) is 54.6 Å². The van der Waals surface area contributed by atoms with Crippen molar-refractivity contribution in [2.24, 2.45) is 0 Å². The molecule has 3 aromatic carbocycles. The zero-order chi connectivity index (χ0) is 22.3. The molecule has 0 atom stereocenters. The van der Waals surface area contributed by atoms with E-state index in [2.05, 4.69) is 10.6 Å². The van der Waals surface area contributed by atoms with Gasteiger partial charge in [0.25, 0.3) is 0 Å². The van der Waals surface area contributed by atoms with Gasteiger partial charge in [-0.15, -0.1) is 0 Å². The van der Waals surface area contributed by atoms with Crippen LogP contribution in [0.25, 0.3) is 0 Å². The van der Waals surface area contributed by atoms with E-state index in [1.54, 1.807) is 11.8 Å². The molecular formula is C24H17ClFN3OS2. The fourth-order valence-electron chi connectivity index (χ4n) is 2.72. The van der Waals surface area contributed by atoms with Gasteiger partial charge in [-0.25, -0.2) is 14.2 Å². The number of aromatic nitrogens is 1. The molecule has 2 N–H and O–H groups in total. The van der Waals surface area contributed by atoms with Gasteiger partial charge in [0.2, 0.25) is 0 Å². The maximum atomic E-state index is 13.4. The fraction of sp³-hybridized carbons (Fsp3) is 0. The number of pyridine rings is 1. The number of rotatable bonds is 6. The smallest absolute Gasteiger partial charge is 0.308 e. The Morgan fingerprint density at radius 3 is 2.12 bits per heavy atom. The van der Waals surface area contributed by atoms with Crippen molar-refractivity contribution in [1.82, 2.24) is 4.98 Å². The summed E-state index contributed by atoms with van der Waals surface area (Å²) in [5.41, 5.74) is 0.942. The lowest BCUT2D eigenvalue weighted by Gasteiger charge is -2.13. The molecule has 0 spiro atoms. The van der Waals surface area contributed by atoms with Crippen LogP contribution in [0.1, 0.15) is 0 Å². The van der Waals surface area contributed by atoms with Crippen molar-refractivity contribution >= 4 is 52.5 Å². The van der Waals surface area contributed by atoms with Gasteiger partial charge in [-0.3, -0.25) is 0 Å². The van der Waals surface area contributed by atoms with Crippen LogP contribution in [0.5, 0.6) is 0 Å². The number of hydrogen-bond donors (Lipinski definition) is 2. The van der Waals surface area contributed by atoms with Gasteiger partial charge in [0, 0.05) is 15.5 Å². The zero-order valence-corrected chi connectivity index (χ0v) is 19.0. The van der Waals surface area contributed by atoms with Crippen LogP contribution in [0.3, 0.4) is 0 Å². The van der Waals surface area contributed by atoms with Gasteiger partial charge in [-0.1, -0.05) is 71.5 Å². The van der Waals surface area contributed by atoms with Crippen LogP contribution in [0.4, 0.5) is 20.6 Å². The van der Waals surface area contributed by atoms with E-state index in [4.69, 9.17) is 16.6 Å². The number of amides is 2. The van der Waals surface area contributed by atoms with Crippen LogP contribution in [-0.2, 0) is 0 Å². The summed E-state index contributed by atoms with van der Waals surface area (Å²) in [6, 6.07) is 27.0. The zero-order valence-electron chi connectivity index (χ0n) is 16.6. The molecule has 1 aromatic heterocycles. The van der Waals surface area contributed by atoms with Gasteiger partial charge in [-0.2, -0.15) is 0 Å². The molecule has 0 saturated carbocycles. The second kappa shape index (κ2) is 10.5. The van der Waals surface area contributed by atoms with E-state index in [0.29, 0.717) is 16.4 Å². The maximum absolute atomic E-state index is 13.4. The lowest BCUT2D eigenvalue weighted by molar-refractivity contribution is 0.262. The molecule has 4 nitrogen and oxygen atoms in total. The number of benzene rings is 3. The molecule has 160 valence electrons. The first-order valence-electron chi connectivity index (χ1n) is 9.57. The number of nitrogens with zero attached hydrogens (tertiary/aromatic N) is 1. The summed E-state index contributed by atoms with van der Waals surface area (Å²) >= 11 is 8.79. The summed E-state index contributed by atoms with van der Waals surface area (Å²) in [5, 5.41) is 6.89. The number of urea groups is 1. The van der Waals surface area contributed by atoms with E-state index in [1.165, 1.54) is 30.0 Å². The van der Waals surface area contributed by atoms with E-state index in [9.17, 15) is 9.18 Å². The van der Waals surface area contributed by atoms with Crippen LogP contribution in [0.2, 0.25) is 5.02 Å².